The van der Waals surface area contributed by atoms with Crippen molar-refractivity contribution >= 4 is 5.69 Å². The molecule has 1 aliphatic rings. The second-order valence-corrected chi connectivity index (χ2v) is 7.50. The Morgan fingerprint density at radius 1 is 0.926 bits per heavy atom. The molecule has 3 aromatic rings. The summed E-state index contributed by atoms with van der Waals surface area (Å²) in [6, 6.07) is 18.3. The second-order valence-electron chi connectivity index (χ2n) is 7.50. The third-order valence-electron chi connectivity index (χ3n) is 5.59. The highest BCUT2D eigenvalue weighted by Gasteiger charge is 2.12. The maximum absolute atomic E-state index is 4.11. The number of aromatic nitrogens is 2. The Morgan fingerprint density at radius 3 is 2.30 bits per heavy atom. The van der Waals surface area contributed by atoms with Crippen LogP contribution in [0.2, 0.25) is 0 Å². The van der Waals surface area contributed by atoms with Crippen LogP contribution in [-0.4, -0.2) is 22.6 Å². The molecule has 2 heterocycles. The third-order valence-corrected chi connectivity index (χ3v) is 5.59. The van der Waals surface area contributed by atoms with Crippen LogP contribution in [-0.2, 0) is 6.54 Å². The summed E-state index contributed by atoms with van der Waals surface area (Å²) in [6.45, 7) is 5.69. The van der Waals surface area contributed by atoms with Gasteiger partial charge in [0.05, 0.1) is 6.33 Å². The molecule has 1 aromatic heterocycles. The summed E-state index contributed by atoms with van der Waals surface area (Å²) in [6.07, 6.45) is 9.64. The Kier molecular flexibility index (Phi) is 5.54. The van der Waals surface area contributed by atoms with Gasteiger partial charge in [-0.1, -0.05) is 24.3 Å². The van der Waals surface area contributed by atoms with Gasteiger partial charge in [0, 0.05) is 48.0 Å². The number of hydrogen-bond donors (Lipinski definition) is 1. The predicted molar refractivity (Wildman–Crippen MR) is 110 cm³/mol. The molecule has 1 atom stereocenters. The summed E-state index contributed by atoms with van der Waals surface area (Å²) >= 11 is 0. The lowest BCUT2D eigenvalue weighted by molar-refractivity contribution is -0.707. The largest absolute Gasteiger partial charge is 0.372 e. The molecule has 2 N–H and O–H groups in total. The topological polar surface area (TPSA) is 37.7 Å². The number of imidazole rings is 1. The fourth-order valence-corrected chi connectivity index (χ4v) is 3.81. The monoisotopic (exact) mass is 361 g/mol. The van der Waals surface area contributed by atoms with Gasteiger partial charge in [-0.2, -0.15) is 0 Å². The summed E-state index contributed by atoms with van der Waals surface area (Å²) in [5.74, 6) is 0. The molecule has 2 aromatic carbocycles. The third kappa shape index (κ3) is 4.40. The van der Waals surface area contributed by atoms with Crippen LogP contribution in [0, 0.1) is 0 Å². The van der Waals surface area contributed by atoms with Gasteiger partial charge >= 0.3 is 0 Å². The molecule has 0 unspecified atom stereocenters. The van der Waals surface area contributed by atoms with E-state index in [0.29, 0.717) is 6.04 Å². The quantitative estimate of drug-likeness (QED) is 0.727. The molecule has 0 radical (unpaired) electrons. The van der Waals surface area contributed by atoms with E-state index < -0.39 is 0 Å². The minimum Gasteiger partial charge on any atom is -0.372 e. The van der Waals surface area contributed by atoms with Crippen LogP contribution in [0.4, 0.5) is 5.69 Å². The fourth-order valence-electron chi connectivity index (χ4n) is 3.81. The van der Waals surface area contributed by atoms with Crippen molar-refractivity contribution in [1.29, 1.82) is 0 Å². The lowest BCUT2D eigenvalue weighted by atomic mass is 10.1. The highest BCUT2D eigenvalue weighted by molar-refractivity contribution is 5.47. The minimum absolute atomic E-state index is 0.434. The van der Waals surface area contributed by atoms with Crippen molar-refractivity contribution < 1.29 is 5.32 Å². The Labute approximate surface area is 161 Å². The molecule has 140 valence electrons. The summed E-state index contributed by atoms with van der Waals surface area (Å²) in [4.78, 5) is 6.62. The van der Waals surface area contributed by atoms with E-state index in [1.807, 2.05) is 17.1 Å². The van der Waals surface area contributed by atoms with Gasteiger partial charge < -0.3 is 14.8 Å². The molecule has 0 amide bonds. The zero-order valence-electron chi connectivity index (χ0n) is 16.1. The molecule has 4 heteroatoms. The number of rotatable bonds is 6. The highest BCUT2D eigenvalue weighted by Crippen LogP contribution is 2.20. The Hall–Kier alpha value is -2.59. The lowest BCUT2D eigenvalue weighted by Gasteiger charge is -2.28. The molecule has 1 fully saturated rings. The van der Waals surface area contributed by atoms with E-state index >= 15 is 0 Å². The number of nitrogens with zero attached hydrogens (tertiary/aromatic N) is 3. The van der Waals surface area contributed by atoms with Crippen LogP contribution < -0.4 is 10.2 Å². The molecule has 4 rings (SSSR count). The Bertz CT molecular complexity index is 816. The number of benzene rings is 2. The van der Waals surface area contributed by atoms with Gasteiger partial charge in [0.15, 0.2) is 0 Å². The van der Waals surface area contributed by atoms with Gasteiger partial charge in [0.2, 0.25) is 0 Å². The van der Waals surface area contributed by atoms with Crippen molar-refractivity contribution in [1.82, 2.24) is 9.55 Å². The van der Waals surface area contributed by atoms with E-state index in [-0.39, 0.29) is 0 Å². The average Bonchev–Trinajstić information content (AvgIpc) is 3.28. The SMILES string of the molecule is C[C@H]([NH2+]Cc1ccc(N2CCCCC2)cc1)c1ccc(-n2ccnc2)cc1. The Morgan fingerprint density at radius 2 is 1.63 bits per heavy atom. The summed E-state index contributed by atoms with van der Waals surface area (Å²) < 4.78 is 2.03. The molecular formula is C23H29N4+. The highest BCUT2D eigenvalue weighted by atomic mass is 15.1. The molecular weight excluding hydrogens is 332 g/mol. The number of anilines is 1. The van der Waals surface area contributed by atoms with E-state index in [4.69, 9.17) is 0 Å². The lowest BCUT2D eigenvalue weighted by Crippen LogP contribution is -2.83. The van der Waals surface area contributed by atoms with Crippen molar-refractivity contribution in [2.24, 2.45) is 0 Å². The number of nitrogens with two attached hydrogens (primary N) is 1. The average molecular weight is 362 g/mol. The molecule has 1 saturated heterocycles. The van der Waals surface area contributed by atoms with E-state index in [2.05, 4.69) is 70.7 Å². The van der Waals surface area contributed by atoms with Gasteiger partial charge in [0.25, 0.3) is 0 Å². The first-order chi connectivity index (χ1) is 13.3. The first-order valence-corrected chi connectivity index (χ1v) is 10.0. The molecule has 1 aliphatic heterocycles. The summed E-state index contributed by atoms with van der Waals surface area (Å²) in [5.41, 5.74) is 5.26. The number of piperidine rings is 1. The second kappa shape index (κ2) is 8.40. The zero-order valence-corrected chi connectivity index (χ0v) is 16.1. The van der Waals surface area contributed by atoms with E-state index in [0.717, 1.165) is 12.2 Å². The molecule has 0 bridgehead atoms. The van der Waals surface area contributed by atoms with E-state index in [1.54, 1.807) is 6.20 Å². The van der Waals surface area contributed by atoms with Crippen LogP contribution in [0.15, 0.2) is 67.3 Å². The molecule has 27 heavy (non-hydrogen) atoms. The molecule has 0 aliphatic carbocycles. The molecule has 4 nitrogen and oxygen atoms in total. The minimum atomic E-state index is 0.434. The maximum Gasteiger partial charge on any atom is 0.109 e. The van der Waals surface area contributed by atoms with Gasteiger partial charge in [0.1, 0.15) is 12.6 Å². The van der Waals surface area contributed by atoms with E-state index in [1.165, 1.54) is 49.2 Å². The van der Waals surface area contributed by atoms with Crippen molar-refractivity contribution in [2.45, 2.75) is 38.8 Å². The van der Waals surface area contributed by atoms with Crippen molar-refractivity contribution in [3.63, 3.8) is 0 Å². The van der Waals surface area contributed by atoms with Crippen LogP contribution >= 0.6 is 0 Å². The van der Waals surface area contributed by atoms with Crippen LogP contribution in [0.1, 0.15) is 43.4 Å². The standard InChI is InChI=1S/C23H28N4/c1-19(21-7-11-23(12-8-21)27-16-13-24-18-27)25-17-20-5-9-22(10-6-20)26-14-3-2-4-15-26/h5-13,16,18-19,25H,2-4,14-15,17H2,1H3/p+1/t19-/m0/s1. The van der Waals surface area contributed by atoms with Crippen molar-refractivity contribution in [3.05, 3.63) is 78.4 Å². The summed E-state index contributed by atoms with van der Waals surface area (Å²) in [7, 11) is 0. The predicted octanol–water partition coefficient (Wildman–Crippen LogP) is 3.69. The van der Waals surface area contributed by atoms with Crippen LogP contribution in [0.5, 0.6) is 0 Å². The van der Waals surface area contributed by atoms with Crippen molar-refractivity contribution in [2.75, 3.05) is 18.0 Å². The normalized spacial score (nSPS) is 15.7. The van der Waals surface area contributed by atoms with Crippen molar-refractivity contribution in [3.8, 4) is 5.69 Å². The van der Waals surface area contributed by atoms with Crippen LogP contribution in [0.25, 0.3) is 5.69 Å². The Balaban J connectivity index is 1.32. The first-order valence-electron chi connectivity index (χ1n) is 10.0. The number of hydrogen-bond acceptors (Lipinski definition) is 2. The summed E-state index contributed by atoms with van der Waals surface area (Å²) in [5, 5.41) is 2.40. The van der Waals surface area contributed by atoms with Gasteiger partial charge in [-0.15, -0.1) is 0 Å². The van der Waals surface area contributed by atoms with Gasteiger partial charge in [-0.3, -0.25) is 0 Å². The maximum atomic E-state index is 4.11. The van der Waals surface area contributed by atoms with Gasteiger partial charge in [-0.05, 0) is 50.5 Å². The molecule has 0 spiro atoms. The van der Waals surface area contributed by atoms with Crippen LogP contribution in [0.3, 0.4) is 0 Å². The first kappa shape index (κ1) is 17.8. The van der Waals surface area contributed by atoms with E-state index in [9.17, 15) is 0 Å². The number of quaternary nitrogens is 1. The fraction of sp³-hybridized carbons (Fsp3) is 0.348. The smallest absolute Gasteiger partial charge is 0.109 e. The molecule has 0 saturated carbocycles. The van der Waals surface area contributed by atoms with Gasteiger partial charge in [-0.25, -0.2) is 4.98 Å². The zero-order chi connectivity index (χ0) is 18.5.